The number of ether oxygens (including phenoxy) is 1. The molecule has 2 aromatic carbocycles. The number of hydrogen-bond donors (Lipinski definition) is 1. The second kappa shape index (κ2) is 6.84. The van der Waals surface area contributed by atoms with Crippen LogP contribution in [0, 0.1) is 6.92 Å². The van der Waals surface area contributed by atoms with E-state index in [4.69, 9.17) is 16.3 Å². The molecule has 1 amide bonds. The molecule has 0 radical (unpaired) electrons. The molecule has 3 aromatic rings. The Morgan fingerprint density at radius 1 is 1.31 bits per heavy atom. The number of hydrogen-bond acceptors (Lipinski definition) is 3. The van der Waals surface area contributed by atoms with Crippen LogP contribution in [0.5, 0.6) is 5.75 Å². The van der Waals surface area contributed by atoms with E-state index >= 15 is 0 Å². The van der Waals surface area contributed by atoms with Gasteiger partial charge >= 0.3 is 0 Å². The number of nitrogens with zero attached hydrogens (tertiary/aromatic N) is 2. The van der Waals surface area contributed by atoms with Crippen molar-refractivity contribution in [3.05, 3.63) is 76.6 Å². The van der Waals surface area contributed by atoms with Gasteiger partial charge in [-0.25, -0.2) is 4.68 Å². The molecule has 5 nitrogen and oxygen atoms in total. The molecule has 4 rings (SSSR count). The van der Waals surface area contributed by atoms with E-state index < -0.39 is 0 Å². The van der Waals surface area contributed by atoms with E-state index in [-0.39, 0.29) is 12.0 Å². The van der Waals surface area contributed by atoms with E-state index in [2.05, 4.69) is 16.5 Å². The third kappa shape index (κ3) is 3.18. The summed E-state index contributed by atoms with van der Waals surface area (Å²) in [5.74, 6) is 0.743. The van der Waals surface area contributed by atoms with Crippen molar-refractivity contribution in [1.82, 2.24) is 15.1 Å². The standard InChI is InChI=1S/C20H18ClN3O2/c1-13-18(12-23-24(13)16-7-4-6-15(21)10-16)20(25)22-11-17-9-14-5-2-3-8-19(14)26-17/h2-8,10,12,17H,9,11H2,1H3,(H,22,25). The van der Waals surface area contributed by atoms with Gasteiger partial charge in [0.05, 0.1) is 29.7 Å². The Labute approximate surface area is 156 Å². The van der Waals surface area contributed by atoms with E-state index in [1.54, 1.807) is 16.9 Å². The average molecular weight is 368 g/mol. The SMILES string of the molecule is Cc1c(C(=O)NCC2Cc3ccccc3O2)cnn1-c1cccc(Cl)c1. The van der Waals surface area contributed by atoms with Crippen LogP contribution < -0.4 is 10.1 Å². The summed E-state index contributed by atoms with van der Waals surface area (Å²) in [6.45, 7) is 2.32. The van der Waals surface area contributed by atoms with E-state index in [0.717, 1.165) is 23.6 Å². The maximum Gasteiger partial charge on any atom is 0.254 e. The Hall–Kier alpha value is -2.79. The summed E-state index contributed by atoms with van der Waals surface area (Å²) in [5.41, 5.74) is 3.31. The molecule has 0 bridgehead atoms. The van der Waals surface area contributed by atoms with E-state index in [9.17, 15) is 4.79 Å². The Morgan fingerprint density at radius 3 is 2.96 bits per heavy atom. The lowest BCUT2D eigenvalue weighted by Gasteiger charge is -2.12. The van der Waals surface area contributed by atoms with E-state index in [1.165, 1.54) is 5.56 Å². The van der Waals surface area contributed by atoms with E-state index in [1.807, 2.05) is 43.3 Å². The topological polar surface area (TPSA) is 56.1 Å². The molecule has 1 N–H and O–H groups in total. The van der Waals surface area contributed by atoms with Crippen LogP contribution in [0.3, 0.4) is 0 Å². The minimum atomic E-state index is -0.157. The molecule has 1 atom stereocenters. The Kier molecular flexibility index (Phi) is 4.39. The Bertz CT molecular complexity index is 942. The van der Waals surface area contributed by atoms with E-state index in [0.29, 0.717) is 17.1 Å². The van der Waals surface area contributed by atoms with Crippen molar-refractivity contribution in [3.8, 4) is 11.4 Å². The first-order chi connectivity index (χ1) is 12.6. The fourth-order valence-electron chi connectivity index (χ4n) is 3.17. The summed E-state index contributed by atoms with van der Waals surface area (Å²) in [7, 11) is 0. The molecule has 26 heavy (non-hydrogen) atoms. The first-order valence-electron chi connectivity index (χ1n) is 8.45. The van der Waals surface area contributed by atoms with Crippen LogP contribution in [0.4, 0.5) is 0 Å². The maximum absolute atomic E-state index is 12.6. The van der Waals surface area contributed by atoms with Gasteiger partial charge in [-0.15, -0.1) is 0 Å². The zero-order chi connectivity index (χ0) is 18.1. The molecule has 0 fully saturated rings. The predicted octanol–water partition coefficient (Wildman–Crippen LogP) is 3.57. The molecule has 132 valence electrons. The van der Waals surface area contributed by atoms with Gasteiger partial charge in [-0.1, -0.05) is 35.9 Å². The number of para-hydroxylation sites is 1. The third-order valence-corrected chi connectivity index (χ3v) is 4.75. The molecule has 0 saturated heterocycles. The number of carbonyl (C=O) groups is 1. The number of rotatable bonds is 4. The number of carbonyl (C=O) groups excluding carboxylic acids is 1. The molecule has 1 unspecified atom stereocenters. The number of halogens is 1. The maximum atomic E-state index is 12.6. The Balaban J connectivity index is 1.43. The summed E-state index contributed by atoms with van der Waals surface area (Å²) in [6, 6.07) is 15.3. The zero-order valence-electron chi connectivity index (χ0n) is 14.3. The normalized spacial score (nSPS) is 15.4. The average Bonchev–Trinajstić information content (AvgIpc) is 3.22. The fourth-order valence-corrected chi connectivity index (χ4v) is 3.35. The molecule has 6 heteroatoms. The van der Waals surface area contributed by atoms with Crippen molar-refractivity contribution >= 4 is 17.5 Å². The van der Waals surface area contributed by atoms with Crippen molar-refractivity contribution < 1.29 is 9.53 Å². The van der Waals surface area contributed by atoms with Gasteiger partial charge < -0.3 is 10.1 Å². The van der Waals surface area contributed by atoms with Crippen LogP contribution in [0.25, 0.3) is 5.69 Å². The van der Waals surface area contributed by atoms with Crippen LogP contribution in [-0.2, 0) is 6.42 Å². The summed E-state index contributed by atoms with van der Waals surface area (Å²) in [5, 5.41) is 7.90. The lowest BCUT2D eigenvalue weighted by Crippen LogP contribution is -2.34. The van der Waals surface area contributed by atoms with Gasteiger partial charge in [-0.2, -0.15) is 5.10 Å². The van der Waals surface area contributed by atoms with Crippen LogP contribution >= 0.6 is 11.6 Å². The van der Waals surface area contributed by atoms with Gasteiger partial charge in [0.2, 0.25) is 0 Å². The van der Waals surface area contributed by atoms with Gasteiger partial charge in [0.1, 0.15) is 11.9 Å². The van der Waals surface area contributed by atoms with Crippen molar-refractivity contribution in [3.63, 3.8) is 0 Å². The fraction of sp³-hybridized carbons (Fsp3) is 0.200. The molecule has 0 aliphatic carbocycles. The van der Waals surface area contributed by atoms with Crippen LogP contribution in [0.15, 0.2) is 54.7 Å². The molecule has 1 aliphatic heterocycles. The lowest BCUT2D eigenvalue weighted by molar-refractivity contribution is 0.0933. The van der Waals surface area contributed by atoms with Gasteiger partial charge in [-0.05, 0) is 36.8 Å². The number of amides is 1. The molecular formula is C20H18ClN3O2. The smallest absolute Gasteiger partial charge is 0.254 e. The zero-order valence-corrected chi connectivity index (χ0v) is 15.0. The highest BCUT2D eigenvalue weighted by molar-refractivity contribution is 6.30. The predicted molar refractivity (Wildman–Crippen MR) is 100 cm³/mol. The lowest BCUT2D eigenvalue weighted by atomic mass is 10.1. The summed E-state index contributed by atoms with van der Waals surface area (Å²) < 4.78 is 7.57. The summed E-state index contributed by atoms with van der Waals surface area (Å²) in [4.78, 5) is 12.6. The van der Waals surface area contributed by atoms with Gasteiger partial charge in [-0.3, -0.25) is 4.79 Å². The molecule has 1 aromatic heterocycles. The van der Waals surface area contributed by atoms with Gasteiger partial charge in [0, 0.05) is 11.4 Å². The number of nitrogens with one attached hydrogen (secondary N) is 1. The molecule has 0 saturated carbocycles. The highest BCUT2D eigenvalue weighted by atomic mass is 35.5. The molecule has 1 aliphatic rings. The Morgan fingerprint density at radius 2 is 2.15 bits per heavy atom. The molecular weight excluding hydrogens is 350 g/mol. The van der Waals surface area contributed by atoms with Gasteiger partial charge in [0.25, 0.3) is 5.91 Å². The number of benzene rings is 2. The first kappa shape index (κ1) is 16.7. The second-order valence-corrected chi connectivity index (χ2v) is 6.73. The summed E-state index contributed by atoms with van der Waals surface area (Å²) in [6.07, 6.45) is 2.34. The monoisotopic (exact) mass is 367 g/mol. The van der Waals surface area contributed by atoms with Crippen LogP contribution in [-0.4, -0.2) is 28.3 Å². The van der Waals surface area contributed by atoms with Crippen LogP contribution in [0.1, 0.15) is 21.6 Å². The van der Waals surface area contributed by atoms with Crippen molar-refractivity contribution in [1.29, 1.82) is 0 Å². The third-order valence-electron chi connectivity index (χ3n) is 4.51. The quantitative estimate of drug-likeness (QED) is 0.767. The first-order valence-corrected chi connectivity index (χ1v) is 8.83. The second-order valence-electron chi connectivity index (χ2n) is 6.30. The highest BCUT2D eigenvalue weighted by Crippen LogP contribution is 2.27. The highest BCUT2D eigenvalue weighted by Gasteiger charge is 2.23. The minimum absolute atomic E-state index is 0.0420. The molecule has 0 spiro atoms. The van der Waals surface area contributed by atoms with Crippen molar-refractivity contribution in [2.24, 2.45) is 0 Å². The van der Waals surface area contributed by atoms with Crippen LogP contribution in [0.2, 0.25) is 5.02 Å². The minimum Gasteiger partial charge on any atom is -0.488 e. The van der Waals surface area contributed by atoms with Crippen molar-refractivity contribution in [2.45, 2.75) is 19.4 Å². The van der Waals surface area contributed by atoms with Gasteiger partial charge in [0.15, 0.2) is 0 Å². The van der Waals surface area contributed by atoms with Crippen molar-refractivity contribution in [2.75, 3.05) is 6.54 Å². The largest absolute Gasteiger partial charge is 0.488 e. The number of fused-ring (bicyclic) bond motifs is 1. The molecule has 2 heterocycles. The number of aromatic nitrogens is 2. The summed E-state index contributed by atoms with van der Waals surface area (Å²) >= 11 is 6.04.